The van der Waals surface area contributed by atoms with Crippen molar-refractivity contribution in [2.45, 2.75) is 26.7 Å². The quantitative estimate of drug-likeness (QED) is 0.834. The lowest BCUT2D eigenvalue weighted by molar-refractivity contribution is -0.133. The van der Waals surface area contributed by atoms with Gasteiger partial charge in [-0.3, -0.25) is 14.6 Å². The van der Waals surface area contributed by atoms with Crippen molar-refractivity contribution >= 4 is 17.6 Å². The van der Waals surface area contributed by atoms with Crippen molar-refractivity contribution in [3.8, 4) is 0 Å². The fourth-order valence-electron chi connectivity index (χ4n) is 2.43. The third-order valence-corrected chi connectivity index (χ3v) is 3.89. The number of carbonyl (C=O) groups is 2. The van der Waals surface area contributed by atoms with E-state index in [-0.39, 0.29) is 18.4 Å². The Morgan fingerprint density at radius 3 is 2.57 bits per heavy atom. The highest BCUT2D eigenvalue weighted by atomic mass is 16.2. The summed E-state index contributed by atoms with van der Waals surface area (Å²) in [7, 11) is 0. The number of nitrogens with one attached hydrogen (secondary N) is 1. The summed E-state index contributed by atoms with van der Waals surface area (Å²) < 4.78 is 0. The maximum atomic E-state index is 12.1. The smallest absolute Gasteiger partial charge is 0.242 e. The molecule has 126 valence electrons. The summed E-state index contributed by atoms with van der Waals surface area (Å²) in [4.78, 5) is 36.0. The molecule has 0 bridgehead atoms. The Balaban J connectivity index is 1.70. The lowest BCUT2D eigenvalue weighted by Crippen LogP contribution is -2.51. The Hall–Kier alpha value is -2.18. The average molecular weight is 319 g/mol. The van der Waals surface area contributed by atoms with Crippen LogP contribution in [-0.4, -0.2) is 59.4 Å². The number of nitrogens with zero attached hydrogens (tertiary/aromatic N) is 4. The second kappa shape index (κ2) is 8.45. The summed E-state index contributed by atoms with van der Waals surface area (Å²) in [6, 6.07) is 0. The SMILES string of the molecule is CC(C)CCC(=O)NCC(=O)N1CCN(c2cnccn2)CC1. The van der Waals surface area contributed by atoms with Crippen molar-refractivity contribution in [3.05, 3.63) is 18.6 Å². The van der Waals surface area contributed by atoms with Gasteiger partial charge in [-0.2, -0.15) is 0 Å². The van der Waals surface area contributed by atoms with E-state index in [1.54, 1.807) is 23.5 Å². The molecule has 23 heavy (non-hydrogen) atoms. The van der Waals surface area contributed by atoms with E-state index < -0.39 is 0 Å². The van der Waals surface area contributed by atoms with Crippen LogP contribution in [0.1, 0.15) is 26.7 Å². The summed E-state index contributed by atoms with van der Waals surface area (Å²) in [6.45, 7) is 6.97. The van der Waals surface area contributed by atoms with Gasteiger partial charge in [-0.05, 0) is 12.3 Å². The molecule has 1 saturated heterocycles. The monoisotopic (exact) mass is 319 g/mol. The average Bonchev–Trinajstić information content (AvgIpc) is 2.58. The molecular formula is C16H25N5O2. The van der Waals surface area contributed by atoms with E-state index in [0.717, 1.165) is 25.3 Å². The molecule has 0 saturated carbocycles. The minimum atomic E-state index is -0.0507. The molecule has 0 radical (unpaired) electrons. The number of hydrogen-bond donors (Lipinski definition) is 1. The van der Waals surface area contributed by atoms with E-state index in [1.807, 2.05) is 0 Å². The molecule has 0 unspecified atom stereocenters. The Bertz CT molecular complexity index is 512. The third kappa shape index (κ3) is 5.50. The number of hydrogen-bond acceptors (Lipinski definition) is 5. The van der Waals surface area contributed by atoms with Crippen molar-refractivity contribution in [2.75, 3.05) is 37.6 Å². The van der Waals surface area contributed by atoms with Crippen molar-refractivity contribution in [1.82, 2.24) is 20.2 Å². The van der Waals surface area contributed by atoms with E-state index in [0.29, 0.717) is 25.4 Å². The summed E-state index contributed by atoms with van der Waals surface area (Å²) in [6.07, 6.45) is 6.36. The second-order valence-corrected chi connectivity index (χ2v) is 6.14. The van der Waals surface area contributed by atoms with Crippen LogP contribution in [0.15, 0.2) is 18.6 Å². The van der Waals surface area contributed by atoms with E-state index in [9.17, 15) is 9.59 Å². The molecule has 0 atom stereocenters. The van der Waals surface area contributed by atoms with Crippen molar-refractivity contribution in [3.63, 3.8) is 0 Å². The highest BCUT2D eigenvalue weighted by Crippen LogP contribution is 2.11. The zero-order valence-corrected chi connectivity index (χ0v) is 13.9. The van der Waals surface area contributed by atoms with Gasteiger partial charge in [-0.15, -0.1) is 0 Å². The Morgan fingerprint density at radius 1 is 1.22 bits per heavy atom. The van der Waals surface area contributed by atoms with Crippen LogP contribution in [0.2, 0.25) is 0 Å². The van der Waals surface area contributed by atoms with Crippen molar-refractivity contribution < 1.29 is 9.59 Å². The minimum Gasteiger partial charge on any atom is -0.352 e. The number of rotatable bonds is 6. The van der Waals surface area contributed by atoms with Crippen molar-refractivity contribution in [2.24, 2.45) is 5.92 Å². The van der Waals surface area contributed by atoms with Crippen LogP contribution in [0.5, 0.6) is 0 Å². The van der Waals surface area contributed by atoms with Crippen LogP contribution >= 0.6 is 0 Å². The molecule has 1 fully saturated rings. The summed E-state index contributed by atoms with van der Waals surface area (Å²) in [5.41, 5.74) is 0. The molecule has 0 spiro atoms. The van der Waals surface area contributed by atoms with Gasteiger partial charge in [0.2, 0.25) is 11.8 Å². The molecule has 1 aliphatic heterocycles. The molecule has 7 heteroatoms. The van der Waals surface area contributed by atoms with Gasteiger partial charge in [0.1, 0.15) is 5.82 Å². The largest absolute Gasteiger partial charge is 0.352 e. The van der Waals surface area contributed by atoms with E-state index in [2.05, 4.69) is 34.0 Å². The van der Waals surface area contributed by atoms with Crippen LogP contribution in [0.3, 0.4) is 0 Å². The maximum Gasteiger partial charge on any atom is 0.242 e. The third-order valence-electron chi connectivity index (χ3n) is 3.89. The predicted octanol–water partition coefficient (Wildman–Crippen LogP) is 0.678. The molecule has 7 nitrogen and oxygen atoms in total. The van der Waals surface area contributed by atoms with Gasteiger partial charge in [-0.1, -0.05) is 13.8 Å². The maximum absolute atomic E-state index is 12.1. The number of anilines is 1. The first-order valence-corrected chi connectivity index (χ1v) is 8.11. The van der Waals surface area contributed by atoms with Gasteiger partial charge in [0.05, 0.1) is 12.7 Å². The van der Waals surface area contributed by atoms with Crippen LogP contribution < -0.4 is 10.2 Å². The fraction of sp³-hybridized carbons (Fsp3) is 0.625. The molecule has 1 N–H and O–H groups in total. The van der Waals surface area contributed by atoms with Gasteiger partial charge in [0.25, 0.3) is 0 Å². The normalized spacial score (nSPS) is 14.9. The van der Waals surface area contributed by atoms with E-state index in [1.165, 1.54) is 0 Å². The number of piperazine rings is 1. The van der Waals surface area contributed by atoms with Crippen LogP contribution in [0.25, 0.3) is 0 Å². The topological polar surface area (TPSA) is 78.4 Å². The number of carbonyl (C=O) groups excluding carboxylic acids is 2. The summed E-state index contributed by atoms with van der Waals surface area (Å²) >= 11 is 0. The van der Waals surface area contributed by atoms with Gasteiger partial charge in [0.15, 0.2) is 0 Å². The van der Waals surface area contributed by atoms with Crippen LogP contribution in [0, 0.1) is 5.92 Å². The Morgan fingerprint density at radius 2 is 1.96 bits per heavy atom. The Kier molecular flexibility index (Phi) is 6.31. The van der Waals surface area contributed by atoms with Crippen LogP contribution in [-0.2, 0) is 9.59 Å². The van der Waals surface area contributed by atoms with Crippen molar-refractivity contribution in [1.29, 1.82) is 0 Å². The minimum absolute atomic E-state index is 0.0262. The molecule has 1 aromatic heterocycles. The highest BCUT2D eigenvalue weighted by Gasteiger charge is 2.22. The molecule has 0 aromatic carbocycles. The molecular weight excluding hydrogens is 294 g/mol. The van der Waals surface area contributed by atoms with E-state index in [4.69, 9.17) is 0 Å². The zero-order valence-electron chi connectivity index (χ0n) is 13.9. The molecule has 2 heterocycles. The van der Waals surface area contributed by atoms with Gasteiger partial charge < -0.3 is 15.1 Å². The predicted molar refractivity (Wildman–Crippen MR) is 87.9 cm³/mol. The molecule has 2 amide bonds. The lowest BCUT2D eigenvalue weighted by atomic mass is 10.1. The summed E-state index contributed by atoms with van der Waals surface area (Å²) in [5, 5.41) is 2.71. The number of amides is 2. The standard InChI is InChI=1S/C16H25N5O2/c1-13(2)3-4-15(22)19-12-16(23)21-9-7-20(8-10-21)14-11-17-5-6-18-14/h5-6,11,13H,3-4,7-10,12H2,1-2H3,(H,19,22). The Labute approximate surface area is 137 Å². The van der Waals surface area contributed by atoms with E-state index >= 15 is 0 Å². The first-order valence-electron chi connectivity index (χ1n) is 8.11. The molecule has 1 aliphatic rings. The first kappa shape index (κ1) is 17.2. The lowest BCUT2D eigenvalue weighted by Gasteiger charge is -2.35. The van der Waals surface area contributed by atoms with Crippen LogP contribution in [0.4, 0.5) is 5.82 Å². The van der Waals surface area contributed by atoms with Gasteiger partial charge in [-0.25, -0.2) is 4.98 Å². The molecule has 0 aliphatic carbocycles. The number of aromatic nitrogens is 2. The second-order valence-electron chi connectivity index (χ2n) is 6.14. The summed E-state index contributed by atoms with van der Waals surface area (Å²) in [5.74, 6) is 1.25. The van der Waals surface area contributed by atoms with Gasteiger partial charge in [0, 0.05) is 45.0 Å². The van der Waals surface area contributed by atoms with Gasteiger partial charge >= 0.3 is 0 Å². The highest BCUT2D eigenvalue weighted by molar-refractivity contribution is 5.84. The fourth-order valence-corrected chi connectivity index (χ4v) is 2.43. The zero-order chi connectivity index (χ0) is 16.7. The molecule has 1 aromatic rings. The molecule has 2 rings (SSSR count). The first-order chi connectivity index (χ1) is 11.1.